The smallest absolute Gasteiger partial charge is 0.130 e. The van der Waals surface area contributed by atoms with Crippen LogP contribution in [0, 0.1) is 0 Å². The summed E-state index contributed by atoms with van der Waals surface area (Å²) >= 11 is 0. The highest BCUT2D eigenvalue weighted by Gasteiger charge is 2.18. The molecule has 0 aliphatic rings. The third kappa shape index (κ3) is 5.19. The third-order valence-corrected chi connectivity index (χ3v) is 4.54. The van der Waals surface area contributed by atoms with Crippen LogP contribution in [0.1, 0.15) is 29.7 Å². The van der Waals surface area contributed by atoms with Gasteiger partial charge in [0.1, 0.15) is 31.0 Å². The Kier molecular flexibility index (Phi) is 6.42. The predicted molar refractivity (Wildman–Crippen MR) is 104 cm³/mol. The van der Waals surface area contributed by atoms with Crippen LogP contribution in [0.3, 0.4) is 0 Å². The lowest BCUT2D eigenvalue weighted by Gasteiger charge is -2.18. The van der Waals surface area contributed by atoms with E-state index in [2.05, 4.69) is 36.5 Å². The standard InChI is InChI=1S/C23H25NO2/c1-18(23(25)21-10-6-3-7-11-21)24-16-19-12-14-22(15-13-19)26-17-20-8-4-2-5-9-20/h2-15,18,23-25H,16-17H2,1H3/p+1/t18-,23-/m1/s1. The number of hydrogen-bond donors (Lipinski definition) is 2. The molecule has 3 aromatic carbocycles. The number of rotatable bonds is 8. The average molecular weight is 348 g/mol. The lowest BCUT2D eigenvalue weighted by Crippen LogP contribution is -2.88. The zero-order valence-corrected chi connectivity index (χ0v) is 15.1. The van der Waals surface area contributed by atoms with Crippen molar-refractivity contribution in [2.75, 3.05) is 0 Å². The van der Waals surface area contributed by atoms with E-state index in [0.29, 0.717) is 6.61 Å². The van der Waals surface area contributed by atoms with E-state index in [1.807, 2.05) is 60.7 Å². The van der Waals surface area contributed by atoms with Crippen molar-refractivity contribution in [3.8, 4) is 5.75 Å². The van der Waals surface area contributed by atoms with Crippen LogP contribution in [0.25, 0.3) is 0 Å². The van der Waals surface area contributed by atoms with Crippen molar-refractivity contribution in [2.24, 2.45) is 0 Å². The van der Waals surface area contributed by atoms with Crippen molar-refractivity contribution in [3.05, 3.63) is 102 Å². The molecule has 0 amide bonds. The average Bonchev–Trinajstić information content (AvgIpc) is 2.72. The molecule has 0 saturated heterocycles. The summed E-state index contributed by atoms with van der Waals surface area (Å²) < 4.78 is 5.82. The molecule has 0 spiro atoms. The van der Waals surface area contributed by atoms with Crippen molar-refractivity contribution < 1.29 is 15.2 Å². The van der Waals surface area contributed by atoms with E-state index in [1.54, 1.807) is 0 Å². The molecule has 0 heterocycles. The molecular weight excluding hydrogens is 322 g/mol. The number of nitrogens with two attached hydrogens (primary N) is 1. The molecule has 3 rings (SSSR count). The molecule has 0 aromatic heterocycles. The highest BCUT2D eigenvalue weighted by Crippen LogP contribution is 2.15. The monoisotopic (exact) mass is 348 g/mol. The van der Waals surface area contributed by atoms with E-state index in [4.69, 9.17) is 4.74 Å². The molecule has 0 unspecified atom stereocenters. The number of aliphatic hydroxyl groups is 1. The van der Waals surface area contributed by atoms with Crippen molar-refractivity contribution >= 4 is 0 Å². The molecule has 0 fully saturated rings. The first-order chi connectivity index (χ1) is 12.7. The van der Waals surface area contributed by atoms with Gasteiger partial charge in [0.05, 0.1) is 0 Å². The Morgan fingerprint density at radius 2 is 1.42 bits per heavy atom. The van der Waals surface area contributed by atoms with Crippen LogP contribution < -0.4 is 10.1 Å². The molecule has 0 bridgehead atoms. The Morgan fingerprint density at radius 1 is 0.808 bits per heavy atom. The summed E-state index contributed by atoms with van der Waals surface area (Å²) in [5.74, 6) is 0.870. The Bertz CT molecular complexity index is 772. The lowest BCUT2D eigenvalue weighted by atomic mass is 10.0. The van der Waals surface area contributed by atoms with Gasteiger partial charge < -0.3 is 15.2 Å². The number of hydrogen-bond acceptors (Lipinski definition) is 2. The maximum absolute atomic E-state index is 10.4. The predicted octanol–water partition coefficient (Wildman–Crippen LogP) is 3.45. The normalized spacial score (nSPS) is 13.2. The number of quaternary nitrogens is 1. The number of ether oxygens (including phenoxy) is 1. The zero-order chi connectivity index (χ0) is 18.2. The van der Waals surface area contributed by atoms with E-state index in [0.717, 1.165) is 23.4 Å². The van der Waals surface area contributed by atoms with E-state index in [9.17, 15) is 5.11 Å². The topological polar surface area (TPSA) is 46.1 Å². The summed E-state index contributed by atoms with van der Waals surface area (Å²) in [5.41, 5.74) is 3.33. The summed E-state index contributed by atoms with van der Waals surface area (Å²) in [7, 11) is 0. The van der Waals surface area contributed by atoms with Crippen LogP contribution in [0.4, 0.5) is 0 Å². The maximum atomic E-state index is 10.4. The summed E-state index contributed by atoms with van der Waals surface area (Å²) in [4.78, 5) is 0. The van der Waals surface area contributed by atoms with Crippen molar-refractivity contribution in [1.29, 1.82) is 0 Å². The fourth-order valence-electron chi connectivity index (χ4n) is 2.87. The first-order valence-corrected chi connectivity index (χ1v) is 9.04. The SMILES string of the molecule is C[C@@H]([NH2+]Cc1ccc(OCc2ccccc2)cc1)[C@@H](O)c1ccccc1. The minimum Gasteiger partial charge on any atom is -0.489 e. The van der Waals surface area contributed by atoms with Crippen LogP contribution in [-0.4, -0.2) is 11.1 Å². The molecule has 0 aliphatic heterocycles. The van der Waals surface area contributed by atoms with Crippen LogP contribution in [0.5, 0.6) is 5.75 Å². The highest BCUT2D eigenvalue weighted by molar-refractivity contribution is 5.27. The minimum absolute atomic E-state index is 0.0893. The summed E-state index contributed by atoms with van der Waals surface area (Å²) in [6, 6.07) is 28.2. The van der Waals surface area contributed by atoms with Gasteiger partial charge in [0.25, 0.3) is 0 Å². The molecule has 3 N–H and O–H groups in total. The van der Waals surface area contributed by atoms with Gasteiger partial charge in [-0.15, -0.1) is 0 Å². The fourth-order valence-corrected chi connectivity index (χ4v) is 2.87. The summed E-state index contributed by atoms with van der Waals surface area (Å²) in [6.07, 6.45) is -0.468. The van der Waals surface area contributed by atoms with Gasteiger partial charge in [0.15, 0.2) is 0 Å². The van der Waals surface area contributed by atoms with Gasteiger partial charge in [-0.05, 0) is 42.3 Å². The van der Waals surface area contributed by atoms with Crippen LogP contribution in [0.2, 0.25) is 0 Å². The van der Waals surface area contributed by atoms with Crippen molar-refractivity contribution in [3.63, 3.8) is 0 Å². The quantitative estimate of drug-likeness (QED) is 0.655. The Balaban J connectivity index is 1.48. The van der Waals surface area contributed by atoms with Gasteiger partial charge in [-0.25, -0.2) is 0 Å². The minimum atomic E-state index is -0.468. The second-order valence-electron chi connectivity index (χ2n) is 6.57. The molecule has 0 saturated carbocycles. The fraction of sp³-hybridized carbons (Fsp3) is 0.217. The maximum Gasteiger partial charge on any atom is 0.130 e. The second-order valence-corrected chi connectivity index (χ2v) is 6.57. The molecule has 134 valence electrons. The second kappa shape index (κ2) is 9.18. The van der Waals surface area contributed by atoms with Gasteiger partial charge in [-0.2, -0.15) is 0 Å². The molecule has 3 heteroatoms. The molecule has 3 nitrogen and oxygen atoms in total. The van der Waals surface area contributed by atoms with Crippen LogP contribution >= 0.6 is 0 Å². The van der Waals surface area contributed by atoms with Crippen LogP contribution in [0.15, 0.2) is 84.9 Å². The molecule has 2 atom stereocenters. The van der Waals surface area contributed by atoms with Gasteiger partial charge >= 0.3 is 0 Å². The lowest BCUT2D eigenvalue weighted by molar-refractivity contribution is -0.709. The Morgan fingerprint density at radius 3 is 2.08 bits per heavy atom. The van der Waals surface area contributed by atoms with E-state index < -0.39 is 6.10 Å². The molecular formula is C23H26NO2+. The highest BCUT2D eigenvalue weighted by atomic mass is 16.5. The third-order valence-electron chi connectivity index (χ3n) is 4.54. The number of aliphatic hydroxyl groups excluding tert-OH is 1. The van der Waals surface area contributed by atoms with Crippen molar-refractivity contribution in [2.45, 2.75) is 32.2 Å². The summed E-state index contributed by atoms with van der Waals surface area (Å²) in [5, 5.41) is 12.6. The molecule has 3 aromatic rings. The van der Waals surface area contributed by atoms with Gasteiger partial charge in [0.2, 0.25) is 0 Å². The van der Waals surface area contributed by atoms with Gasteiger partial charge in [0, 0.05) is 5.56 Å². The van der Waals surface area contributed by atoms with E-state index >= 15 is 0 Å². The van der Waals surface area contributed by atoms with Crippen LogP contribution in [-0.2, 0) is 13.2 Å². The first-order valence-electron chi connectivity index (χ1n) is 9.04. The first kappa shape index (κ1) is 18.2. The van der Waals surface area contributed by atoms with Gasteiger partial charge in [-0.1, -0.05) is 60.7 Å². The Hall–Kier alpha value is -2.62. The number of benzene rings is 3. The molecule has 0 aliphatic carbocycles. The van der Waals surface area contributed by atoms with Crippen molar-refractivity contribution in [1.82, 2.24) is 0 Å². The molecule has 0 radical (unpaired) electrons. The van der Waals surface area contributed by atoms with E-state index in [1.165, 1.54) is 5.56 Å². The summed E-state index contributed by atoms with van der Waals surface area (Å²) in [6.45, 7) is 3.45. The largest absolute Gasteiger partial charge is 0.489 e. The molecule has 26 heavy (non-hydrogen) atoms. The van der Waals surface area contributed by atoms with E-state index in [-0.39, 0.29) is 6.04 Å². The Labute approximate surface area is 155 Å². The zero-order valence-electron chi connectivity index (χ0n) is 15.1. The van der Waals surface area contributed by atoms with Gasteiger partial charge in [-0.3, -0.25) is 0 Å².